The summed E-state index contributed by atoms with van der Waals surface area (Å²) in [5.74, 6) is -3.58. The zero-order chi connectivity index (χ0) is 15.7. The van der Waals surface area contributed by atoms with E-state index >= 15 is 0 Å². The second kappa shape index (κ2) is 8.05. The van der Waals surface area contributed by atoms with Gasteiger partial charge in [0.2, 0.25) is 5.91 Å². The first-order valence-corrected chi connectivity index (χ1v) is 7.08. The molecule has 22 heavy (non-hydrogen) atoms. The normalized spacial score (nSPS) is 18.3. The van der Waals surface area contributed by atoms with Crippen molar-refractivity contribution in [1.82, 2.24) is 4.90 Å². The van der Waals surface area contributed by atoms with Gasteiger partial charge in [-0.3, -0.25) is 4.79 Å². The Labute approximate surface area is 162 Å². The van der Waals surface area contributed by atoms with Gasteiger partial charge in [-0.2, -0.15) is 0 Å². The first kappa shape index (κ1) is 19.8. The van der Waals surface area contributed by atoms with Gasteiger partial charge < -0.3 is 10.0 Å². The molecule has 2 rings (SSSR count). The number of phenols is 1. The fraction of sp³-hybridized carbons (Fsp3) is 0.308. The van der Waals surface area contributed by atoms with Gasteiger partial charge >= 0.3 is 0 Å². The molecule has 1 unspecified atom stereocenters. The molecule has 117 valence electrons. The minimum Gasteiger partial charge on any atom is -0.508 e. The Balaban J connectivity index is 0.00000242. The van der Waals surface area contributed by atoms with Gasteiger partial charge in [0, 0.05) is 32.7 Å². The average molecular weight is 503 g/mol. The van der Waals surface area contributed by atoms with Crippen LogP contribution < -0.4 is 0 Å². The summed E-state index contributed by atoms with van der Waals surface area (Å²) in [5.41, 5.74) is -1.01. The number of amides is 1. The van der Waals surface area contributed by atoms with E-state index in [-0.39, 0.29) is 44.8 Å². The van der Waals surface area contributed by atoms with E-state index in [0.29, 0.717) is 17.0 Å². The topological polar surface area (TPSA) is 40.5 Å². The number of allylic oxidation sites excluding steroid dienone is 1. The quantitative estimate of drug-likeness (QED) is 0.299. The van der Waals surface area contributed by atoms with E-state index < -0.39 is 45.7 Å². The SMILES string of the molecule is O=C1C(I)C[C-]=C(c2c(F)cc(O)cc2F)N1CC(F)F.[Y]. The maximum Gasteiger partial charge on any atom is 0.256 e. The van der Waals surface area contributed by atoms with Gasteiger partial charge in [-0.15, -0.1) is 5.70 Å². The molecule has 0 saturated heterocycles. The minimum absolute atomic E-state index is 0. The smallest absolute Gasteiger partial charge is 0.256 e. The van der Waals surface area contributed by atoms with Crippen LogP contribution in [0.2, 0.25) is 0 Å². The Bertz CT molecular complexity index is 589. The number of halogens is 5. The summed E-state index contributed by atoms with van der Waals surface area (Å²) in [6, 6.07) is 1.29. The largest absolute Gasteiger partial charge is 0.508 e. The van der Waals surface area contributed by atoms with Crippen LogP contribution in [-0.4, -0.2) is 32.8 Å². The van der Waals surface area contributed by atoms with Crippen LogP contribution in [0.5, 0.6) is 5.75 Å². The molecule has 0 saturated carbocycles. The first-order chi connectivity index (χ1) is 9.81. The van der Waals surface area contributed by atoms with Gasteiger partial charge in [0.15, 0.2) is 0 Å². The Morgan fingerprint density at radius 2 is 1.91 bits per heavy atom. The molecular formula is C13H9F4INO2Y-. The zero-order valence-corrected chi connectivity index (χ0v) is 16.0. The molecule has 1 radical (unpaired) electrons. The molecule has 1 aromatic rings. The third kappa shape index (κ3) is 4.20. The predicted molar refractivity (Wildman–Crippen MR) is 74.8 cm³/mol. The van der Waals surface area contributed by atoms with Gasteiger partial charge in [-0.05, 0) is 12.1 Å². The van der Waals surface area contributed by atoms with Crippen molar-refractivity contribution in [2.24, 2.45) is 0 Å². The van der Waals surface area contributed by atoms with Crippen molar-refractivity contribution in [3.63, 3.8) is 0 Å². The number of rotatable bonds is 3. The molecule has 3 nitrogen and oxygen atoms in total. The number of nitrogens with zero attached hydrogens (tertiary/aromatic N) is 1. The molecule has 0 aromatic heterocycles. The van der Waals surface area contributed by atoms with Crippen molar-refractivity contribution in [2.45, 2.75) is 16.8 Å². The molecule has 1 heterocycles. The van der Waals surface area contributed by atoms with Crippen LogP contribution >= 0.6 is 22.6 Å². The molecule has 1 aliphatic rings. The van der Waals surface area contributed by atoms with Crippen molar-refractivity contribution in [1.29, 1.82) is 0 Å². The van der Waals surface area contributed by atoms with E-state index in [4.69, 9.17) is 5.11 Å². The number of benzene rings is 1. The van der Waals surface area contributed by atoms with Crippen molar-refractivity contribution in [3.8, 4) is 5.75 Å². The molecule has 0 fully saturated rings. The van der Waals surface area contributed by atoms with Gasteiger partial charge in [0.05, 0.1) is 22.1 Å². The van der Waals surface area contributed by atoms with E-state index in [1.165, 1.54) is 0 Å². The Kier molecular flexibility index (Phi) is 7.26. The van der Waals surface area contributed by atoms with Crippen molar-refractivity contribution in [2.75, 3.05) is 6.54 Å². The van der Waals surface area contributed by atoms with Crippen LogP contribution in [0.4, 0.5) is 17.6 Å². The van der Waals surface area contributed by atoms with Crippen LogP contribution in [0, 0.1) is 17.7 Å². The summed E-state index contributed by atoms with van der Waals surface area (Å²) in [4.78, 5) is 12.6. The number of alkyl halides is 3. The number of hydrogen-bond donors (Lipinski definition) is 1. The average Bonchev–Trinajstić information content (AvgIpc) is 2.36. The van der Waals surface area contributed by atoms with Gasteiger partial charge in [-0.1, -0.05) is 34.6 Å². The molecular weight excluding hydrogens is 494 g/mol. The Hall–Kier alpha value is -0.216. The fourth-order valence-corrected chi connectivity index (χ4v) is 2.53. The number of phenolic OH excluding ortho intramolecular Hbond substituents is 1. The second-order valence-electron chi connectivity index (χ2n) is 4.32. The zero-order valence-electron chi connectivity index (χ0n) is 11.0. The van der Waals surface area contributed by atoms with Crippen LogP contribution in [0.15, 0.2) is 12.1 Å². The van der Waals surface area contributed by atoms with E-state index in [9.17, 15) is 22.4 Å². The number of carbonyl (C=O) groups excluding carboxylic acids is 1. The van der Waals surface area contributed by atoms with Crippen LogP contribution in [0.3, 0.4) is 0 Å². The molecule has 1 N–H and O–H groups in total. The maximum atomic E-state index is 13.8. The molecule has 1 amide bonds. The van der Waals surface area contributed by atoms with Crippen LogP contribution in [0.1, 0.15) is 12.0 Å². The monoisotopic (exact) mass is 503 g/mol. The molecule has 0 bridgehead atoms. The number of aromatic hydroxyl groups is 1. The summed E-state index contributed by atoms with van der Waals surface area (Å²) in [6.07, 6.45) is -0.196. The summed E-state index contributed by atoms with van der Waals surface area (Å²) in [5, 5.41) is 9.11. The van der Waals surface area contributed by atoms with E-state index in [2.05, 4.69) is 6.08 Å². The van der Waals surface area contributed by atoms with Crippen molar-refractivity contribution < 1.29 is 60.2 Å². The van der Waals surface area contributed by atoms with Gasteiger partial charge in [0.25, 0.3) is 6.43 Å². The predicted octanol–water partition coefficient (Wildman–Crippen LogP) is 3.11. The molecule has 1 atom stereocenters. The maximum absolute atomic E-state index is 13.8. The van der Waals surface area contributed by atoms with E-state index in [1.54, 1.807) is 22.6 Å². The number of carbonyl (C=O) groups is 1. The van der Waals surface area contributed by atoms with Gasteiger partial charge in [0.1, 0.15) is 5.75 Å². The second-order valence-corrected chi connectivity index (χ2v) is 5.82. The van der Waals surface area contributed by atoms with Gasteiger partial charge in [-0.25, -0.2) is 23.6 Å². The molecule has 0 aliphatic carbocycles. The van der Waals surface area contributed by atoms with E-state index in [0.717, 1.165) is 0 Å². The van der Waals surface area contributed by atoms with Crippen molar-refractivity contribution in [3.05, 3.63) is 35.4 Å². The molecule has 9 heteroatoms. The third-order valence-electron chi connectivity index (χ3n) is 2.84. The fourth-order valence-electron chi connectivity index (χ4n) is 1.98. The summed E-state index contributed by atoms with van der Waals surface area (Å²) >= 11 is 1.76. The van der Waals surface area contributed by atoms with E-state index in [1.807, 2.05) is 0 Å². The van der Waals surface area contributed by atoms with Crippen LogP contribution in [-0.2, 0) is 37.5 Å². The number of hydrogen-bond acceptors (Lipinski definition) is 2. The Morgan fingerprint density at radius 1 is 1.36 bits per heavy atom. The Morgan fingerprint density at radius 3 is 2.41 bits per heavy atom. The molecule has 1 aromatic carbocycles. The standard InChI is InChI=1S/C13H9F4INO2.Y/c14-7-3-6(20)4-8(15)12(7)10-2-1-9(18)13(21)19(10)5-11(16)17;/h3-4,9,11,20H,1,5H2;/q-1;. The van der Waals surface area contributed by atoms with Crippen molar-refractivity contribution >= 4 is 34.2 Å². The van der Waals surface area contributed by atoms with Crippen LogP contribution in [0.25, 0.3) is 5.70 Å². The molecule has 0 spiro atoms. The first-order valence-electron chi connectivity index (χ1n) is 5.84. The summed E-state index contributed by atoms with van der Waals surface area (Å²) in [6.45, 7) is -0.972. The summed E-state index contributed by atoms with van der Waals surface area (Å²) in [7, 11) is 0. The summed E-state index contributed by atoms with van der Waals surface area (Å²) < 4.78 is 52.3. The third-order valence-corrected chi connectivity index (χ3v) is 3.81. The minimum atomic E-state index is -2.85. The molecule has 1 aliphatic heterocycles.